The number of ether oxygens (including phenoxy) is 1. The molecule has 2 aliphatic heterocycles. The minimum atomic E-state index is -0.0461. The molecule has 0 aliphatic carbocycles. The van der Waals surface area contributed by atoms with Gasteiger partial charge in [-0.3, -0.25) is 14.8 Å². The summed E-state index contributed by atoms with van der Waals surface area (Å²) >= 11 is 0. The van der Waals surface area contributed by atoms with Crippen LogP contribution in [-0.4, -0.2) is 57.1 Å². The number of nitrogens with one attached hydrogen (secondary N) is 2. The van der Waals surface area contributed by atoms with E-state index in [1.165, 1.54) is 5.69 Å². The highest BCUT2D eigenvalue weighted by atomic mass is 16.5. The van der Waals surface area contributed by atoms with Crippen molar-refractivity contribution in [2.24, 2.45) is 11.8 Å². The molecule has 2 saturated heterocycles. The van der Waals surface area contributed by atoms with Crippen molar-refractivity contribution >= 4 is 11.7 Å². The summed E-state index contributed by atoms with van der Waals surface area (Å²) in [6.07, 6.45) is 5.62. The number of nitrogens with zero attached hydrogens (tertiary/aromatic N) is 4. The highest BCUT2D eigenvalue weighted by Gasteiger charge is 2.27. The minimum absolute atomic E-state index is 0.0399. The molecule has 0 aromatic carbocycles. The number of aromatic amines is 1. The zero-order valence-electron chi connectivity index (χ0n) is 17.4. The zero-order chi connectivity index (χ0) is 20.2. The third-order valence-corrected chi connectivity index (χ3v) is 5.82. The minimum Gasteiger partial charge on any atom is -0.381 e. The summed E-state index contributed by atoms with van der Waals surface area (Å²) in [5, 5.41) is 15.2. The Bertz CT molecular complexity index is 800. The number of H-pyrrole nitrogens is 1. The maximum Gasteiger partial charge on any atom is 0.231 e. The van der Waals surface area contributed by atoms with Crippen LogP contribution >= 0.6 is 0 Å². The molecule has 158 valence electrons. The van der Waals surface area contributed by atoms with E-state index < -0.39 is 0 Å². The Morgan fingerprint density at radius 3 is 2.90 bits per heavy atom. The summed E-state index contributed by atoms with van der Waals surface area (Å²) in [5.41, 5.74) is 2.33. The summed E-state index contributed by atoms with van der Waals surface area (Å²) in [6, 6.07) is 4.40. The molecule has 4 rings (SSSR count). The number of anilines is 1. The number of carbonyl (C=O) groups excluding carboxylic acids is 1. The van der Waals surface area contributed by atoms with Gasteiger partial charge in [-0.2, -0.15) is 10.2 Å². The fourth-order valence-corrected chi connectivity index (χ4v) is 4.25. The average molecular weight is 401 g/mol. The van der Waals surface area contributed by atoms with Gasteiger partial charge >= 0.3 is 0 Å². The predicted molar refractivity (Wildman–Crippen MR) is 110 cm³/mol. The lowest BCUT2D eigenvalue weighted by Crippen LogP contribution is -2.35. The molecule has 1 unspecified atom stereocenters. The van der Waals surface area contributed by atoms with Gasteiger partial charge in [-0.1, -0.05) is 13.8 Å². The summed E-state index contributed by atoms with van der Waals surface area (Å²) < 4.78 is 7.32. The van der Waals surface area contributed by atoms with E-state index in [0.29, 0.717) is 25.2 Å². The van der Waals surface area contributed by atoms with Crippen LogP contribution in [0.5, 0.6) is 0 Å². The predicted octanol–water partition coefficient (Wildman–Crippen LogP) is 2.62. The third-order valence-electron chi connectivity index (χ3n) is 5.82. The standard InChI is InChI=1S/C21H32N6O2/c1-15(2)11-17-12-18(25-24-17)13-26-8-4-19(5-9-26)27-20(3-7-22-27)23-21(28)16-6-10-29-14-16/h3,7,12,15-16,19H,4-6,8-11,13-14H2,1-2H3,(H,23,28)(H,24,25). The number of carbonyl (C=O) groups is 1. The van der Waals surface area contributed by atoms with E-state index in [-0.39, 0.29) is 11.8 Å². The van der Waals surface area contributed by atoms with Crippen LogP contribution in [0, 0.1) is 11.8 Å². The highest BCUT2D eigenvalue weighted by molar-refractivity contribution is 5.92. The number of hydrogen-bond donors (Lipinski definition) is 2. The molecule has 2 fully saturated rings. The van der Waals surface area contributed by atoms with Gasteiger partial charge in [-0.05, 0) is 37.7 Å². The number of amides is 1. The molecule has 0 spiro atoms. The number of piperidine rings is 1. The molecule has 0 saturated carbocycles. The fraction of sp³-hybridized carbons (Fsp3) is 0.667. The SMILES string of the molecule is CC(C)Cc1cc(CN2CCC(n3nccc3NC(=O)C3CCOC3)CC2)[nH]n1. The van der Waals surface area contributed by atoms with Crippen LogP contribution in [0.3, 0.4) is 0 Å². The van der Waals surface area contributed by atoms with Gasteiger partial charge in [0.05, 0.1) is 30.5 Å². The Kier molecular flexibility index (Phi) is 6.30. The quantitative estimate of drug-likeness (QED) is 0.746. The lowest BCUT2D eigenvalue weighted by Gasteiger charge is -2.32. The Labute approximate surface area is 172 Å². The first kappa shape index (κ1) is 20.1. The van der Waals surface area contributed by atoms with Crippen LogP contribution in [0.1, 0.15) is 50.5 Å². The van der Waals surface area contributed by atoms with Gasteiger partial charge in [-0.25, -0.2) is 4.68 Å². The smallest absolute Gasteiger partial charge is 0.231 e. The monoisotopic (exact) mass is 400 g/mol. The molecule has 0 radical (unpaired) electrons. The van der Waals surface area contributed by atoms with Gasteiger partial charge in [0.15, 0.2) is 0 Å². The normalized spacial score (nSPS) is 21.1. The maximum absolute atomic E-state index is 12.4. The topological polar surface area (TPSA) is 88.1 Å². The van der Waals surface area contributed by atoms with E-state index in [2.05, 4.69) is 45.4 Å². The summed E-state index contributed by atoms with van der Waals surface area (Å²) in [4.78, 5) is 14.9. The van der Waals surface area contributed by atoms with Gasteiger partial charge in [0.25, 0.3) is 0 Å². The fourth-order valence-electron chi connectivity index (χ4n) is 4.25. The summed E-state index contributed by atoms with van der Waals surface area (Å²) in [5.74, 6) is 1.41. The summed E-state index contributed by atoms with van der Waals surface area (Å²) in [6.45, 7) is 8.54. The van der Waals surface area contributed by atoms with Crippen LogP contribution < -0.4 is 5.32 Å². The Morgan fingerprint density at radius 2 is 2.17 bits per heavy atom. The first-order valence-corrected chi connectivity index (χ1v) is 10.8. The molecule has 29 heavy (non-hydrogen) atoms. The number of likely N-dealkylation sites (tertiary alicyclic amines) is 1. The van der Waals surface area contributed by atoms with Crippen molar-refractivity contribution in [2.45, 2.75) is 52.1 Å². The number of aromatic nitrogens is 4. The molecule has 0 bridgehead atoms. The van der Waals surface area contributed by atoms with Crippen molar-refractivity contribution < 1.29 is 9.53 Å². The maximum atomic E-state index is 12.4. The third kappa shape index (κ3) is 5.05. The van der Waals surface area contributed by atoms with Crippen molar-refractivity contribution in [3.05, 3.63) is 29.7 Å². The lowest BCUT2D eigenvalue weighted by molar-refractivity contribution is -0.119. The molecule has 2 aromatic rings. The number of rotatable bonds is 7. The van der Waals surface area contributed by atoms with Gasteiger partial charge in [0.2, 0.25) is 5.91 Å². The molecule has 2 aliphatic rings. The molecule has 8 nitrogen and oxygen atoms in total. The second-order valence-corrected chi connectivity index (χ2v) is 8.70. The van der Waals surface area contributed by atoms with Crippen molar-refractivity contribution in [3.63, 3.8) is 0 Å². The van der Waals surface area contributed by atoms with Gasteiger partial charge in [0, 0.05) is 38.0 Å². The first-order chi connectivity index (χ1) is 14.1. The lowest BCUT2D eigenvalue weighted by atomic mass is 10.0. The largest absolute Gasteiger partial charge is 0.381 e. The van der Waals surface area contributed by atoms with E-state index >= 15 is 0 Å². The van der Waals surface area contributed by atoms with Crippen LogP contribution in [0.4, 0.5) is 5.82 Å². The van der Waals surface area contributed by atoms with Crippen molar-refractivity contribution in [1.82, 2.24) is 24.9 Å². The van der Waals surface area contributed by atoms with Crippen molar-refractivity contribution in [1.29, 1.82) is 0 Å². The van der Waals surface area contributed by atoms with Gasteiger partial charge in [-0.15, -0.1) is 0 Å². The molecular weight excluding hydrogens is 368 g/mol. The van der Waals surface area contributed by atoms with Crippen LogP contribution in [0.2, 0.25) is 0 Å². The highest BCUT2D eigenvalue weighted by Crippen LogP contribution is 2.27. The van der Waals surface area contributed by atoms with Crippen molar-refractivity contribution in [3.8, 4) is 0 Å². The zero-order valence-corrected chi connectivity index (χ0v) is 17.4. The molecule has 2 N–H and O–H groups in total. The Balaban J connectivity index is 1.29. The number of hydrogen-bond acceptors (Lipinski definition) is 5. The Hall–Kier alpha value is -2.19. The molecule has 1 amide bonds. The Morgan fingerprint density at radius 1 is 1.34 bits per heavy atom. The molecular formula is C21H32N6O2. The van der Waals surface area contributed by atoms with E-state index in [1.54, 1.807) is 6.20 Å². The van der Waals surface area contributed by atoms with E-state index in [4.69, 9.17) is 4.74 Å². The van der Waals surface area contributed by atoms with Crippen LogP contribution in [0.25, 0.3) is 0 Å². The van der Waals surface area contributed by atoms with Gasteiger partial charge < -0.3 is 10.1 Å². The first-order valence-electron chi connectivity index (χ1n) is 10.8. The van der Waals surface area contributed by atoms with E-state index in [1.807, 2.05) is 10.7 Å². The van der Waals surface area contributed by atoms with Crippen LogP contribution in [-0.2, 0) is 22.5 Å². The van der Waals surface area contributed by atoms with E-state index in [0.717, 1.165) is 56.8 Å². The van der Waals surface area contributed by atoms with Gasteiger partial charge in [0.1, 0.15) is 5.82 Å². The van der Waals surface area contributed by atoms with Crippen molar-refractivity contribution in [2.75, 3.05) is 31.6 Å². The molecule has 2 aromatic heterocycles. The molecule has 1 atom stereocenters. The van der Waals surface area contributed by atoms with Crippen LogP contribution in [0.15, 0.2) is 18.3 Å². The van der Waals surface area contributed by atoms with E-state index in [9.17, 15) is 4.79 Å². The average Bonchev–Trinajstić information content (AvgIpc) is 3.44. The second-order valence-electron chi connectivity index (χ2n) is 8.70. The second kappa shape index (κ2) is 9.09. The summed E-state index contributed by atoms with van der Waals surface area (Å²) in [7, 11) is 0. The molecule has 8 heteroatoms. The molecule has 4 heterocycles.